The molecule has 50 heteroatoms. The number of aromatic amines is 4. The molecule has 5 aromatic heterocycles. The quantitative estimate of drug-likeness (QED) is 0.0153. The molecule has 0 spiro atoms. The molecule has 4 saturated heterocycles. The number of aliphatic hydroxyl groups is 1. The Balaban J connectivity index is 0.953. The van der Waals surface area contributed by atoms with Crippen molar-refractivity contribution in [3.05, 3.63) is 114 Å². The highest BCUT2D eigenvalue weighted by molar-refractivity contribution is 8.44. The van der Waals surface area contributed by atoms with E-state index in [4.69, 9.17) is 127 Å². The van der Waals surface area contributed by atoms with E-state index >= 15 is 0 Å². The lowest BCUT2D eigenvalue weighted by Gasteiger charge is -2.29. The molecule has 4 fully saturated rings. The van der Waals surface area contributed by atoms with Crippen LogP contribution in [0, 0.1) is 20.8 Å². The Morgan fingerprint density at radius 2 is 1.02 bits per heavy atom. The van der Waals surface area contributed by atoms with Crippen molar-refractivity contribution in [3.8, 4) is 0 Å². The summed E-state index contributed by atoms with van der Waals surface area (Å²) in [5, 5.41) is 9.33. The van der Waals surface area contributed by atoms with Crippen LogP contribution in [0.15, 0.2) is 58.5 Å². The summed E-state index contributed by atoms with van der Waals surface area (Å²) in [4.78, 5) is 153. The third-order valence-electron chi connectivity index (χ3n) is 15.1. The van der Waals surface area contributed by atoms with Crippen LogP contribution >= 0.6 is 45.9 Å². The molecule has 15 unspecified atom stereocenters. The minimum Gasteiger partial charge on any atom is -0.396 e. The Kier molecular flexibility index (Phi) is 25.9. The van der Waals surface area contributed by atoms with Crippen molar-refractivity contribution in [1.82, 2.24) is 48.2 Å². The van der Waals surface area contributed by atoms with Gasteiger partial charge < -0.3 is 90.5 Å². The molecule has 40 nitrogen and oxygen atoms in total. The zero-order valence-corrected chi connectivity index (χ0v) is 61.1. The van der Waals surface area contributed by atoms with Gasteiger partial charge in [0.05, 0.1) is 57.7 Å². The van der Waals surface area contributed by atoms with Crippen LogP contribution in [-0.2, 0) is 125 Å². The molecular weight excluding hydrogens is 1510 g/mol. The minimum atomic E-state index is -4.87. The molecule has 0 bridgehead atoms. The van der Waals surface area contributed by atoms with Crippen molar-refractivity contribution < 1.29 is 103 Å². The molecule has 98 heavy (non-hydrogen) atoms. The molecule has 9 rings (SSSR count). The lowest BCUT2D eigenvalue weighted by atomic mass is 10.1. The second-order valence-corrected chi connectivity index (χ2v) is 36.5. The number of aryl methyl sites for hydroxylation is 3. The Labute approximate surface area is 578 Å². The van der Waals surface area contributed by atoms with E-state index in [1.54, 1.807) is 13.8 Å². The van der Waals surface area contributed by atoms with Crippen molar-refractivity contribution in [3.63, 3.8) is 0 Å². The maximum absolute atomic E-state index is 14.7. The first-order valence-corrected chi connectivity index (χ1v) is 42.2. The predicted molar refractivity (Wildman–Crippen MR) is 357 cm³/mol. The Hall–Kier alpha value is -3.47. The van der Waals surface area contributed by atoms with E-state index < -0.39 is 191 Å². The van der Waals surface area contributed by atoms with E-state index in [2.05, 4.69) is 42.2 Å². The van der Waals surface area contributed by atoms with Crippen molar-refractivity contribution in [2.45, 2.75) is 146 Å². The van der Waals surface area contributed by atoms with Gasteiger partial charge in [-0.2, -0.15) is 4.98 Å². The number of H-pyrrole nitrogens is 4. The van der Waals surface area contributed by atoms with Gasteiger partial charge in [-0.1, -0.05) is 12.2 Å². The number of nitrogens with one attached hydrogen (secondary N) is 4. The molecule has 5 aromatic rings. The van der Waals surface area contributed by atoms with E-state index in [1.165, 1.54) is 51.2 Å². The second-order valence-electron chi connectivity index (χ2n) is 22.5. The van der Waals surface area contributed by atoms with E-state index in [-0.39, 0.29) is 66.3 Å². The Bertz CT molecular complexity index is 4420. The number of imidazole rings is 1. The van der Waals surface area contributed by atoms with E-state index in [1.807, 2.05) is 0 Å². The van der Waals surface area contributed by atoms with Gasteiger partial charge in [0.1, 0.15) is 61.3 Å². The zero-order valence-electron chi connectivity index (χ0n) is 52.4. The number of thiol groups is 1. The highest BCUT2D eigenvalue weighted by Crippen LogP contribution is 2.59. The minimum absolute atomic E-state index is 0.00920. The number of nitrogens with two attached hydrogens (primary N) is 1. The second kappa shape index (κ2) is 32.3. The number of rotatable bonds is 32. The molecule has 0 saturated carbocycles. The third-order valence-corrected chi connectivity index (χ3v) is 23.2. The number of nitrogens with zero attached hydrogens (tertiary/aromatic N) is 6. The predicted octanol–water partition coefficient (Wildman–Crippen LogP) is 0.0138. The van der Waals surface area contributed by atoms with Gasteiger partial charge in [-0.25, -0.2) is 23.9 Å². The summed E-state index contributed by atoms with van der Waals surface area (Å²) in [6.45, 7) is -18.4. The first-order chi connectivity index (χ1) is 45.9. The number of nitrogen functional groups attached to an aromatic ring is 1. The van der Waals surface area contributed by atoms with Crippen LogP contribution in [0.25, 0.3) is 11.2 Å². The van der Waals surface area contributed by atoms with Gasteiger partial charge in [0.25, 0.3) is 22.2 Å². The summed E-state index contributed by atoms with van der Waals surface area (Å²) in [5.41, 5.74) is 0.179. The number of hydrogen-bond donors (Lipinski definition) is 11. The molecule has 11 N–H and O–H groups in total. The first-order valence-electron chi connectivity index (χ1n) is 29.2. The number of anilines is 1. The molecule has 9 heterocycles. The topological polar surface area (TPSA) is 520 Å². The molecule has 0 aromatic carbocycles. The van der Waals surface area contributed by atoms with Crippen molar-refractivity contribution in [2.75, 3.05) is 59.6 Å². The fourth-order valence-electron chi connectivity index (χ4n) is 10.6. The summed E-state index contributed by atoms with van der Waals surface area (Å²) >= 11 is 25.8. The van der Waals surface area contributed by atoms with Gasteiger partial charge in [0.2, 0.25) is 5.95 Å². The lowest BCUT2D eigenvalue weighted by molar-refractivity contribution is -0.0637. The number of hydrogen-bond acceptors (Lipinski definition) is 32. The highest BCUT2D eigenvalue weighted by Gasteiger charge is 2.54. The van der Waals surface area contributed by atoms with Crippen molar-refractivity contribution in [2.24, 2.45) is 0 Å². The van der Waals surface area contributed by atoms with Crippen LogP contribution in [0.5, 0.6) is 0 Å². The fourth-order valence-corrected chi connectivity index (χ4v) is 18.2. The van der Waals surface area contributed by atoms with Gasteiger partial charge >= 0.3 is 50.7 Å². The van der Waals surface area contributed by atoms with Crippen molar-refractivity contribution >= 4 is 110 Å². The monoisotopic (exact) mass is 1580 g/mol. The smallest absolute Gasteiger partial charge is 0.386 e. The van der Waals surface area contributed by atoms with Crippen LogP contribution in [0.1, 0.15) is 74.7 Å². The Morgan fingerprint density at radius 3 is 1.50 bits per heavy atom. The summed E-state index contributed by atoms with van der Waals surface area (Å²) in [7, 11) is 2.35. The number of aliphatic hydroxyl groups excluding tert-OH is 1. The van der Waals surface area contributed by atoms with Crippen molar-refractivity contribution in [1.29, 1.82) is 0 Å². The molecular formula is C48H70N11O29P5S5. The summed E-state index contributed by atoms with van der Waals surface area (Å²) in [6.07, 6.45) is -16.2. The summed E-state index contributed by atoms with van der Waals surface area (Å²) in [5.74, 6) is -0.241. The van der Waals surface area contributed by atoms with Crippen LogP contribution < -0.4 is 45.0 Å². The zero-order chi connectivity index (χ0) is 71.7. The van der Waals surface area contributed by atoms with Gasteiger partial charge in [-0.05, 0) is 88.3 Å². The maximum atomic E-state index is 14.7. The van der Waals surface area contributed by atoms with E-state index in [9.17, 15) is 62.8 Å². The fraction of sp³-hybridized carbons (Fsp3) is 0.646. The largest absolute Gasteiger partial charge is 0.396 e. The molecule has 0 amide bonds. The summed E-state index contributed by atoms with van der Waals surface area (Å²) in [6, 6.07) is 0. The normalized spacial score (nSPS) is 29.0. The molecule has 546 valence electrons. The van der Waals surface area contributed by atoms with Gasteiger partial charge in [0.15, 0.2) is 23.6 Å². The lowest BCUT2D eigenvalue weighted by Crippen LogP contribution is -2.41. The standard InChI is InChI=1S/C48H70N11O29P5S5/c1-21(2)84-90(69,95)76-16-28-26(12-32(81-28)59-20-50-33-38(59)51-45(49)52-42(33)64)86-91(70,96)77-17-27-25(11-31(80-27)56-13-22(3)39(61)53-46(56)65)85-92(71,97)78-18-29-35(37(74-7)44(82-29)58-15-24(5)41(63)55-48(58)67)88-93(72,98)79-19-30-34(87-89(68,94)75-10-8-9-60)36(73-6)43(83-30)57-14-23(4)40(62)54-47(57)66/h13-15,20-21,25-32,34-37,43-44,60H,8-12,16-19H2,1-7H3,(H,68,94)(H,69,95)(H,70,96)(H,71,97)(H,72,98)(H,53,61,65)(H,54,62,66)(H,55,63,67)(H3,49,51,52,64)/t25-,26-,27?,28?,29?,30?,31-,32-,34?,35?,36?,37?,43?,44?,89?,90?,91?,92?,93?/m1/s1. The Morgan fingerprint density at radius 1 is 0.592 bits per heavy atom. The number of methoxy groups -OCH3 is 2. The third kappa shape index (κ3) is 19.3. The van der Waals surface area contributed by atoms with Gasteiger partial charge in [0, 0.05) is 68.9 Å². The van der Waals surface area contributed by atoms with Crippen LogP contribution in [0.4, 0.5) is 5.95 Å². The van der Waals surface area contributed by atoms with Crippen LogP contribution in [0.3, 0.4) is 0 Å². The molecule has 4 aliphatic rings. The average molecular weight is 1580 g/mol. The number of aromatic nitrogens is 10. The molecule has 0 radical (unpaired) electrons. The first kappa shape index (κ1) is 78.7. The van der Waals surface area contributed by atoms with Gasteiger partial charge in [-0.3, -0.25) is 71.0 Å². The van der Waals surface area contributed by atoms with Crippen LogP contribution in [-0.4, -0.2) is 194 Å². The highest BCUT2D eigenvalue weighted by atomic mass is 32.7. The SMILES string of the molecule is COC1C(OP(=O)(S)OCC2OC(n3cc(C)c(=O)[nH]c3=O)C(OC)C2OP(O)(=S)OCCCO)C(COP(O)(=S)O[C@@H]2C[C@H](n3cc(C)c(=O)[nH]c3=O)OC2COP(O)(=S)O[C@@H]2C[C@H](n3cnc4c(=O)[nH]c(N)nc43)OC2COP(O)(=S)OC(C)C)OC1n1cc(C)c(=O)[nH]c1=O. The van der Waals surface area contributed by atoms with Crippen LogP contribution in [0.2, 0.25) is 0 Å². The van der Waals surface area contributed by atoms with E-state index in [0.29, 0.717) is 0 Å². The van der Waals surface area contributed by atoms with E-state index in [0.717, 1.165) is 27.0 Å². The number of ether oxygens (including phenoxy) is 6. The molecule has 19 atom stereocenters. The number of fused-ring (bicyclic) bond motifs is 1. The maximum Gasteiger partial charge on any atom is 0.386 e. The molecule has 4 aliphatic heterocycles. The van der Waals surface area contributed by atoms with Gasteiger partial charge in [-0.15, -0.1) is 0 Å². The average Bonchev–Trinajstić information content (AvgIpc) is 1.63. The molecule has 0 aliphatic carbocycles. The summed E-state index contributed by atoms with van der Waals surface area (Å²) < 4.78 is 113.